The lowest BCUT2D eigenvalue weighted by Crippen LogP contribution is -2.07. The van der Waals surface area contributed by atoms with E-state index in [1.54, 1.807) is 18.2 Å². The Kier molecular flexibility index (Phi) is 4.63. The summed E-state index contributed by atoms with van der Waals surface area (Å²) in [6.45, 7) is 0. The summed E-state index contributed by atoms with van der Waals surface area (Å²) >= 11 is 10.6. The van der Waals surface area contributed by atoms with Gasteiger partial charge in [-0.1, -0.05) is 11.6 Å². The third-order valence-corrected chi connectivity index (χ3v) is 4.03. The average molecular weight is 359 g/mol. The lowest BCUT2D eigenvalue weighted by atomic mass is 10.3. The fourth-order valence-electron chi connectivity index (χ4n) is 1.36. The number of phenols is 1. The number of phenolic OH excluding ortho intramolecular Hbond substituents is 1. The van der Waals surface area contributed by atoms with Crippen molar-refractivity contribution in [3.63, 3.8) is 0 Å². The Bertz CT molecular complexity index is 639. The van der Waals surface area contributed by atoms with Crippen LogP contribution in [0, 0.1) is 0 Å². The van der Waals surface area contributed by atoms with Crippen LogP contribution in [0.25, 0.3) is 6.08 Å². The highest BCUT2D eigenvalue weighted by atomic mass is 79.9. The van der Waals surface area contributed by atoms with Crippen molar-refractivity contribution in [3.05, 3.63) is 50.1 Å². The molecular formula is C13H9BrClNO2S. The van der Waals surface area contributed by atoms with Crippen LogP contribution in [0.4, 0.5) is 5.69 Å². The predicted octanol–water partition coefficient (Wildman–Crippen LogP) is 4.52. The molecule has 19 heavy (non-hydrogen) atoms. The minimum absolute atomic E-state index is 0.0619. The van der Waals surface area contributed by atoms with Crippen molar-refractivity contribution >= 4 is 56.5 Å². The number of aromatic hydroxyl groups is 1. The van der Waals surface area contributed by atoms with Crippen LogP contribution in [0.2, 0.25) is 5.02 Å². The number of thiophene rings is 1. The number of hydrogen-bond acceptors (Lipinski definition) is 3. The van der Waals surface area contributed by atoms with Crippen molar-refractivity contribution in [1.82, 2.24) is 0 Å². The summed E-state index contributed by atoms with van der Waals surface area (Å²) in [6.07, 6.45) is 3.12. The molecular weight excluding hydrogens is 350 g/mol. The van der Waals surface area contributed by atoms with Gasteiger partial charge in [0.1, 0.15) is 5.75 Å². The van der Waals surface area contributed by atoms with Crippen molar-refractivity contribution in [3.8, 4) is 5.75 Å². The Hall–Kier alpha value is -1.30. The van der Waals surface area contributed by atoms with Gasteiger partial charge in [0.05, 0.1) is 9.47 Å². The molecule has 0 atom stereocenters. The first kappa shape index (κ1) is 14.1. The number of carbonyl (C=O) groups excluding carboxylic acids is 1. The van der Waals surface area contributed by atoms with Gasteiger partial charge in [-0.05, 0) is 46.3 Å². The molecule has 2 aromatic rings. The van der Waals surface area contributed by atoms with Crippen molar-refractivity contribution in [1.29, 1.82) is 0 Å². The first-order chi connectivity index (χ1) is 9.04. The van der Waals surface area contributed by atoms with Gasteiger partial charge in [0.25, 0.3) is 0 Å². The maximum atomic E-state index is 11.7. The second-order valence-corrected chi connectivity index (χ2v) is 6.56. The lowest BCUT2D eigenvalue weighted by Gasteiger charge is -2.04. The zero-order valence-corrected chi connectivity index (χ0v) is 12.7. The van der Waals surface area contributed by atoms with Crippen LogP contribution in [-0.4, -0.2) is 11.0 Å². The highest BCUT2D eigenvalue weighted by Crippen LogP contribution is 2.27. The molecule has 1 heterocycles. The lowest BCUT2D eigenvalue weighted by molar-refractivity contribution is -0.111. The maximum absolute atomic E-state index is 11.7. The summed E-state index contributed by atoms with van der Waals surface area (Å²) in [5.41, 5.74) is 0.325. The van der Waals surface area contributed by atoms with Crippen LogP contribution >= 0.6 is 38.9 Å². The molecule has 0 aliphatic carbocycles. The van der Waals surface area contributed by atoms with Gasteiger partial charge in [-0.2, -0.15) is 0 Å². The maximum Gasteiger partial charge on any atom is 0.248 e. The number of anilines is 1. The van der Waals surface area contributed by atoms with Crippen LogP contribution in [-0.2, 0) is 4.79 Å². The van der Waals surface area contributed by atoms with E-state index in [0.717, 1.165) is 8.66 Å². The molecule has 98 valence electrons. The largest absolute Gasteiger partial charge is 0.506 e. The average Bonchev–Trinajstić information content (AvgIpc) is 2.76. The number of rotatable bonds is 3. The summed E-state index contributed by atoms with van der Waals surface area (Å²) in [6, 6.07) is 8.32. The van der Waals surface area contributed by atoms with Crippen molar-refractivity contribution < 1.29 is 9.90 Å². The van der Waals surface area contributed by atoms with Gasteiger partial charge >= 0.3 is 0 Å². The SMILES string of the molecule is O=C(/C=C/c1ccc(Br)s1)Nc1ccc(Cl)cc1O. The van der Waals surface area contributed by atoms with Crippen LogP contribution in [0.1, 0.15) is 4.88 Å². The normalized spacial score (nSPS) is 10.8. The molecule has 3 nitrogen and oxygen atoms in total. The minimum Gasteiger partial charge on any atom is -0.506 e. The molecule has 0 bridgehead atoms. The zero-order valence-electron chi connectivity index (χ0n) is 9.56. The predicted molar refractivity (Wildman–Crippen MR) is 82.8 cm³/mol. The van der Waals surface area contributed by atoms with Gasteiger partial charge in [-0.3, -0.25) is 4.79 Å². The first-order valence-electron chi connectivity index (χ1n) is 5.27. The Morgan fingerprint density at radius 1 is 1.37 bits per heavy atom. The Labute approximate surface area is 127 Å². The van der Waals surface area contributed by atoms with E-state index in [1.165, 1.54) is 23.5 Å². The summed E-state index contributed by atoms with van der Waals surface area (Å²) in [5, 5.41) is 12.6. The quantitative estimate of drug-likeness (QED) is 0.626. The molecule has 0 saturated heterocycles. The molecule has 1 aromatic heterocycles. The first-order valence-corrected chi connectivity index (χ1v) is 7.26. The monoisotopic (exact) mass is 357 g/mol. The summed E-state index contributed by atoms with van der Waals surface area (Å²) in [5.74, 6) is -0.379. The third-order valence-electron chi connectivity index (χ3n) is 2.21. The van der Waals surface area contributed by atoms with Gasteiger partial charge in [0, 0.05) is 22.0 Å². The van der Waals surface area contributed by atoms with Gasteiger partial charge in [0.15, 0.2) is 0 Å². The molecule has 0 radical (unpaired) electrons. The van der Waals surface area contributed by atoms with Crippen LogP contribution in [0.15, 0.2) is 40.2 Å². The standard InChI is InChI=1S/C13H9BrClNO2S/c14-12-5-2-9(19-12)3-6-13(18)16-10-4-1-8(15)7-11(10)17/h1-7,17H,(H,16,18)/b6-3+. The van der Waals surface area contributed by atoms with Crippen molar-refractivity contribution in [2.24, 2.45) is 0 Å². The van der Waals surface area contributed by atoms with E-state index >= 15 is 0 Å². The number of nitrogens with one attached hydrogen (secondary N) is 1. The molecule has 6 heteroatoms. The molecule has 0 aliphatic heterocycles. The molecule has 2 rings (SSSR count). The fourth-order valence-corrected chi connectivity index (χ4v) is 2.85. The summed E-state index contributed by atoms with van der Waals surface area (Å²) in [7, 11) is 0. The van der Waals surface area contributed by atoms with Crippen LogP contribution in [0.5, 0.6) is 5.75 Å². The molecule has 1 aromatic carbocycles. The van der Waals surface area contributed by atoms with E-state index in [0.29, 0.717) is 10.7 Å². The molecule has 0 saturated carbocycles. The number of halogens is 2. The number of amides is 1. The molecule has 1 amide bonds. The van der Waals surface area contributed by atoms with Gasteiger partial charge in [0.2, 0.25) is 5.91 Å². The van der Waals surface area contributed by atoms with E-state index < -0.39 is 0 Å². The van der Waals surface area contributed by atoms with E-state index in [2.05, 4.69) is 21.2 Å². The van der Waals surface area contributed by atoms with E-state index in [4.69, 9.17) is 11.6 Å². The Morgan fingerprint density at radius 3 is 2.79 bits per heavy atom. The highest BCUT2D eigenvalue weighted by Gasteiger charge is 2.04. The number of carbonyl (C=O) groups is 1. The van der Waals surface area contributed by atoms with Crippen LogP contribution in [0.3, 0.4) is 0 Å². The Morgan fingerprint density at radius 2 is 2.16 bits per heavy atom. The molecule has 2 N–H and O–H groups in total. The third kappa shape index (κ3) is 4.09. The van der Waals surface area contributed by atoms with Crippen molar-refractivity contribution in [2.45, 2.75) is 0 Å². The van der Waals surface area contributed by atoms with Gasteiger partial charge in [-0.15, -0.1) is 11.3 Å². The topological polar surface area (TPSA) is 49.3 Å². The van der Waals surface area contributed by atoms with E-state index in [-0.39, 0.29) is 11.7 Å². The summed E-state index contributed by atoms with van der Waals surface area (Å²) in [4.78, 5) is 12.6. The number of hydrogen-bond donors (Lipinski definition) is 2. The molecule has 0 unspecified atom stereocenters. The van der Waals surface area contributed by atoms with E-state index in [1.807, 2.05) is 12.1 Å². The van der Waals surface area contributed by atoms with Crippen molar-refractivity contribution in [2.75, 3.05) is 5.32 Å². The zero-order chi connectivity index (χ0) is 13.8. The molecule has 0 fully saturated rings. The fraction of sp³-hybridized carbons (Fsp3) is 0. The Balaban J connectivity index is 2.03. The van der Waals surface area contributed by atoms with E-state index in [9.17, 15) is 9.90 Å². The second kappa shape index (κ2) is 6.23. The smallest absolute Gasteiger partial charge is 0.248 e. The highest BCUT2D eigenvalue weighted by molar-refractivity contribution is 9.11. The minimum atomic E-state index is -0.317. The van der Waals surface area contributed by atoms with Gasteiger partial charge in [-0.25, -0.2) is 0 Å². The van der Waals surface area contributed by atoms with Gasteiger partial charge < -0.3 is 10.4 Å². The van der Waals surface area contributed by atoms with Crippen LogP contribution < -0.4 is 5.32 Å². The molecule has 0 spiro atoms. The second-order valence-electron chi connectivity index (χ2n) is 3.63. The molecule has 0 aliphatic rings. The number of benzene rings is 1. The summed E-state index contributed by atoms with van der Waals surface area (Å²) < 4.78 is 1.00.